The molecule has 0 radical (unpaired) electrons. The van der Waals surface area contributed by atoms with E-state index in [2.05, 4.69) is 30.5 Å². The minimum atomic E-state index is -0.981. The van der Waals surface area contributed by atoms with Crippen LogP contribution in [0.15, 0.2) is 23.8 Å². The molecule has 2 aromatic rings. The molecule has 3 N–H and O–H groups in total. The Morgan fingerprint density at radius 2 is 1.78 bits per heavy atom. The number of nitrogens with one attached hydrogen (secondary N) is 2. The van der Waals surface area contributed by atoms with E-state index in [1.807, 2.05) is 13.8 Å². The van der Waals surface area contributed by atoms with Crippen LogP contribution in [0.3, 0.4) is 0 Å². The van der Waals surface area contributed by atoms with Gasteiger partial charge in [0.05, 0.1) is 12.0 Å². The van der Waals surface area contributed by atoms with Gasteiger partial charge in [0, 0.05) is 56.7 Å². The van der Waals surface area contributed by atoms with E-state index in [1.54, 1.807) is 42.7 Å². The second-order valence-corrected chi connectivity index (χ2v) is 15.3. The van der Waals surface area contributed by atoms with Gasteiger partial charge in [-0.15, -0.1) is 11.3 Å². The molecule has 15 heteroatoms. The minimum absolute atomic E-state index is 0.0337. The predicted molar refractivity (Wildman–Crippen MR) is 184 cm³/mol. The maximum atomic E-state index is 14.0. The third-order valence-electron chi connectivity index (χ3n) is 10.3. The number of rotatable bonds is 16. The van der Waals surface area contributed by atoms with Crippen molar-refractivity contribution in [3.63, 3.8) is 0 Å². The summed E-state index contributed by atoms with van der Waals surface area (Å²) in [4.78, 5) is 81.6. The highest BCUT2D eigenvalue weighted by atomic mass is 32.1. The number of hydrogen-bond acceptors (Lipinski definition) is 11. The number of carboxylic acids is 1. The van der Waals surface area contributed by atoms with E-state index in [-0.39, 0.29) is 54.8 Å². The number of carboxylic acid groups (broad SMARTS) is 1. The number of aliphatic carboxylic acids is 1. The van der Waals surface area contributed by atoms with Gasteiger partial charge in [0.2, 0.25) is 11.8 Å². The average Bonchev–Trinajstić information content (AvgIpc) is 3.69. The number of likely N-dealkylation sites (N-methyl/N-ethyl adjacent to an activating group) is 1. The van der Waals surface area contributed by atoms with E-state index >= 15 is 0 Å². The molecule has 0 unspecified atom stereocenters. The number of ether oxygens (including phenoxy) is 1. The highest BCUT2D eigenvalue weighted by Gasteiger charge is 2.55. The van der Waals surface area contributed by atoms with Crippen LogP contribution < -0.4 is 10.6 Å². The van der Waals surface area contributed by atoms with Crippen molar-refractivity contribution in [1.82, 2.24) is 35.4 Å². The maximum Gasteiger partial charge on any atom is 0.306 e. The van der Waals surface area contributed by atoms with Gasteiger partial charge in [-0.3, -0.25) is 28.9 Å². The molecule has 4 fully saturated rings. The number of aromatic nitrogens is 3. The molecule has 4 aliphatic rings. The topological polar surface area (TPSA) is 184 Å². The molecule has 3 amide bonds. The van der Waals surface area contributed by atoms with Crippen molar-refractivity contribution in [2.45, 2.75) is 109 Å². The first-order valence-corrected chi connectivity index (χ1v) is 18.4. The van der Waals surface area contributed by atoms with E-state index in [0.717, 1.165) is 32.4 Å². The molecule has 14 nitrogen and oxygen atoms in total. The van der Waals surface area contributed by atoms with E-state index in [4.69, 9.17) is 4.74 Å². The van der Waals surface area contributed by atoms with Crippen LogP contribution in [-0.4, -0.2) is 103 Å². The Bertz CT molecular complexity index is 1540. The largest absolute Gasteiger partial charge is 0.481 e. The van der Waals surface area contributed by atoms with E-state index in [9.17, 15) is 29.1 Å². The molecule has 2 bridgehead atoms. The van der Waals surface area contributed by atoms with Gasteiger partial charge < -0.3 is 25.4 Å². The molecule has 2 aromatic heterocycles. The molecule has 1 aliphatic carbocycles. The van der Waals surface area contributed by atoms with Gasteiger partial charge in [-0.1, -0.05) is 20.8 Å². The third kappa shape index (κ3) is 9.02. The number of fused-ring (bicyclic) bond motifs is 3. The number of nitrogens with zero attached hydrogens (tertiary/aromatic N) is 5. The zero-order chi connectivity index (χ0) is 36.2. The molecule has 5 atom stereocenters. The van der Waals surface area contributed by atoms with Gasteiger partial charge in [0.15, 0.2) is 6.10 Å². The summed E-state index contributed by atoms with van der Waals surface area (Å²) in [7, 11) is 1.73. The normalized spacial score (nSPS) is 22.9. The summed E-state index contributed by atoms with van der Waals surface area (Å²) in [6, 6.07) is 0.540. The molecule has 3 saturated heterocycles. The lowest BCUT2D eigenvalue weighted by atomic mass is 9.83. The second kappa shape index (κ2) is 15.9. The second-order valence-electron chi connectivity index (χ2n) is 14.4. The number of esters is 1. The summed E-state index contributed by atoms with van der Waals surface area (Å²) in [5, 5.41) is 17.5. The van der Waals surface area contributed by atoms with Crippen molar-refractivity contribution in [3.05, 3.63) is 40.4 Å². The van der Waals surface area contributed by atoms with Gasteiger partial charge in [-0.2, -0.15) is 0 Å². The van der Waals surface area contributed by atoms with Crippen molar-refractivity contribution in [1.29, 1.82) is 0 Å². The molecule has 5 heterocycles. The fourth-order valence-electron chi connectivity index (χ4n) is 7.23. The van der Waals surface area contributed by atoms with Crippen LogP contribution >= 0.6 is 11.3 Å². The molecular formula is C35H49N7O7S. The van der Waals surface area contributed by atoms with E-state index < -0.39 is 41.4 Å². The molecule has 272 valence electrons. The van der Waals surface area contributed by atoms with Crippen LogP contribution in [0.1, 0.15) is 100 Å². The Morgan fingerprint density at radius 1 is 1.10 bits per heavy atom. The van der Waals surface area contributed by atoms with Crippen molar-refractivity contribution < 1.29 is 33.8 Å². The number of carbonyl (C=O) groups excluding carboxylic acids is 4. The highest BCUT2D eigenvalue weighted by molar-refractivity contribution is 7.09. The minimum Gasteiger partial charge on any atom is -0.481 e. The number of piperidine rings is 3. The molecule has 0 spiro atoms. The monoisotopic (exact) mass is 711 g/mol. The summed E-state index contributed by atoms with van der Waals surface area (Å²) < 4.78 is 5.73. The van der Waals surface area contributed by atoms with Gasteiger partial charge in [-0.05, 0) is 69.5 Å². The van der Waals surface area contributed by atoms with Crippen LogP contribution in [0, 0.1) is 17.8 Å². The van der Waals surface area contributed by atoms with Crippen molar-refractivity contribution in [2.24, 2.45) is 17.8 Å². The summed E-state index contributed by atoms with van der Waals surface area (Å²) in [5.41, 5.74) is -0.832. The standard InChI is InChI=1S/C35H49N7O7S/c1-20(2)26(41(5)34(48)35(9-10-35)40-31(45)27-16-23-7-13-42(27)14-8-23)18-28(49-22(4)43)32-39-25(19-50-32)30(44)38-24(15-21(3)33(46)47)17-29-36-11-6-12-37-29/h6,11-12,19-21,23-24,26-28H,7-10,13-18H2,1-5H3,(H,38,44)(H,40,45)(H,46,47)/t21-,24+,26+,27+,28+/m0/s1. The lowest BCUT2D eigenvalue weighted by Crippen LogP contribution is -2.60. The van der Waals surface area contributed by atoms with Gasteiger partial charge in [0.1, 0.15) is 22.1 Å². The molecular weight excluding hydrogens is 662 g/mol. The zero-order valence-corrected chi connectivity index (χ0v) is 30.3. The van der Waals surface area contributed by atoms with Crippen LogP contribution in [0.5, 0.6) is 0 Å². The summed E-state index contributed by atoms with van der Waals surface area (Å²) in [6.07, 6.45) is 7.18. The van der Waals surface area contributed by atoms with Crippen LogP contribution in [0.25, 0.3) is 0 Å². The Labute approximate surface area is 296 Å². The van der Waals surface area contributed by atoms with E-state index in [1.165, 1.54) is 18.3 Å². The maximum absolute atomic E-state index is 14.0. The molecule has 0 aromatic carbocycles. The van der Waals surface area contributed by atoms with Crippen LogP contribution in [-0.2, 0) is 30.3 Å². The van der Waals surface area contributed by atoms with E-state index in [0.29, 0.717) is 29.6 Å². The molecule has 3 aliphatic heterocycles. The first-order chi connectivity index (χ1) is 23.8. The predicted octanol–water partition coefficient (Wildman–Crippen LogP) is 3.00. The lowest BCUT2D eigenvalue weighted by molar-refractivity contribution is -0.149. The van der Waals surface area contributed by atoms with Gasteiger partial charge in [0.25, 0.3) is 5.91 Å². The van der Waals surface area contributed by atoms with Crippen molar-refractivity contribution >= 4 is 41.0 Å². The third-order valence-corrected chi connectivity index (χ3v) is 11.2. The number of carbonyl (C=O) groups is 5. The van der Waals surface area contributed by atoms with Crippen molar-refractivity contribution in [2.75, 3.05) is 20.1 Å². The Morgan fingerprint density at radius 3 is 2.34 bits per heavy atom. The number of hydrogen-bond donors (Lipinski definition) is 3. The van der Waals surface area contributed by atoms with Gasteiger partial charge in [-0.25, -0.2) is 15.0 Å². The fraction of sp³-hybridized carbons (Fsp3) is 0.657. The Hall–Kier alpha value is -3.98. The summed E-state index contributed by atoms with van der Waals surface area (Å²) in [5.74, 6) is -1.97. The SMILES string of the molecule is CC(=O)O[C@H](C[C@H](C(C)C)N(C)C(=O)C1(NC(=O)[C@H]2CC3CCN2CC3)CC1)c1nc(C(=O)N[C@@H](Cc2ncccn2)C[C@H](C)C(=O)O)cs1. The zero-order valence-electron chi connectivity index (χ0n) is 29.5. The molecule has 6 rings (SSSR count). The Balaban J connectivity index is 1.27. The van der Waals surface area contributed by atoms with Crippen molar-refractivity contribution in [3.8, 4) is 0 Å². The highest BCUT2D eigenvalue weighted by Crippen LogP contribution is 2.40. The number of thiazole rings is 1. The number of amides is 3. The van der Waals surface area contributed by atoms with Crippen LogP contribution in [0.2, 0.25) is 0 Å². The fourth-order valence-corrected chi connectivity index (χ4v) is 8.07. The molecule has 1 saturated carbocycles. The Kier molecular flexibility index (Phi) is 11.9. The average molecular weight is 712 g/mol. The van der Waals surface area contributed by atoms with Gasteiger partial charge >= 0.3 is 11.9 Å². The summed E-state index contributed by atoms with van der Waals surface area (Å²) in [6.45, 7) is 8.68. The first kappa shape index (κ1) is 37.3. The lowest BCUT2D eigenvalue weighted by Gasteiger charge is -2.45. The summed E-state index contributed by atoms with van der Waals surface area (Å²) >= 11 is 1.17. The molecule has 50 heavy (non-hydrogen) atoms. The smallest absolute Gasteiger partial charge is 0.306 e. The first-order valence-electron chi connectivity index (χ1n) is 17.5. The van der Waals surface area contributed by atoms with Crippen LogP contribution in [0.4, 0.5) is 0 Å². The quantitative estimate of drug-likeness (QED) is 0.218.